The second-order valence-corrected chi connectivity index (χ2v) is 23.3. The highest BCUT2D eigenvalue weighted by molar-refractivity contribution is 7.98. The Morgan fingerprint density at radius 2 is 1.26 bits per heavy atom. The van der Waals surface area contributed by atoms with Gasteiger partial charge in [-0.05, 0) is 113 Å². The summed E-state index contributed by atoms with van der Waals surface area (Å²) in [6.45, 7) is 11.7. The molecular weight excluding hydrogens is 1190 g/mol. The van der Waals surface area contributed by atoms with Gasteiger partial charge in [-0.15, -0.1) is 0 Å². The quantitative estimate of drug-likeness (QED) is 0.0146. The standard InChI is InChI=1S/C56H87N19O10S3/c1-30(2)23-41(52(83)68-39(48(58)79)20-22-88-9)69-53(84)43(25-36-27-60-29-64-36)67-46(78)28-63-54(85)47(31(3)4)71-49(80)34(7)65-51(82)42(24-35-26-62-38-16-13-12-15-37(35)38)70-50(81)40(18-19-44(57)76)66-45(77)17-11-10-14-21-61-56(87)75-73-33(6)32(5)72-74-55(86)59-8/h12-13,15-16,26-27,29-31,34,39-43,47,62H,10-11,14,17-25,28H2,1-9H3,(H2,57,76)(H2,58,79)(H,60,64)(H,63,85)(H,65,82)(H,66,77)(H,67,78)(H,68,83)(H,69,84)(H,70,81)(H,71,80)(H2,59,74,86)(H2,61,75,87). The number of rotatable bonds is 38. The third kappa shape index (κ3) is 27.2. The van der Waals surface area contributed by atoms with Crippen LogP contribution >= 0.6 is 36.2 Å². The summed E-state index contributed by atoms with van der Waals surface area (Å²) in [5.74, 6) is -7.38. The molecule has 29 nitrogen and oxygen atoms in total. The van der Waals surface area contributed by atoms with Crippen LogP contribution in [0.5, 0.6) is 0 Å². The SMILES string of the molecule is CNC(=S)NN=C(C)C(C)=NNC(=S)NCCCCCC(=O)NC(CCC(N)=O)C(=O)NC(Cc1c[nH]c2ccccc12)C(=O)NC(C)C(=O)NC(C(=O)NCC(=O)NC(Cc1cnc[nH]1)C(=O)NC(CC(C)C)C(=O)NC(CCSC)C(N)=O)C(C)C. The number of aromatic nitrogens is 3. The molecule has 0 aliphatic rings. The van der Waals surface area contributed by atoms with Crippen molar-refractivity contribution < 1.29 is 47.9 Å². The molecule has 18 N–H and O–H groups in total. The Balaban J connectivity index is 1.68. The molecule has 2 aromatic heterocycles. The highest BCUT2D eigenvalue weighted by Crippen LogP contribution is 2.20. The molecule has 0 bridgehead atoms. The Labute approximate surface area is 527 Å². The van der Waals surface area contributed by atoms with Crippen LogP contribution in [-0.4, -0.2) is 170 Å². The average Bonchev–Trinajstić information content (AvgIpc) is 3.60. The number of H-pyrrole nitrogens is 2. The normalized spacial score (nSPS) is 13.9. The van der Waals surface area contributed by atoms with Crippen molar-refractivity contribution in [3.05, 3.63) is 54.2 Å². The van der Waals surface area contributed by atoms with Crippen molar-refractivity contribution in [2.24, 2.45) is 33.5 Å². The number of amides is 10. The second kappa shape index (κ2) is 38.8. The number of unbranched alkanes of at least 4 members (excludes halogenated alkanes) is 2. The van der Waals surface area contributed by atoms with Gasteiger partial charge in [0.05, 0.1) is 24.3 Å². The molecule has 7 atom stereocenters. The zero-order valence-electron chi connectivity index (χ0n) is 51.2. The maximum absolute atomic E-state index is 14.3. The van der Waals surface area contributed by atoms with Crippen molar-refractivity contribution in [2.45, 2.75) is 155 Å². The van der Waals surface area contributed by atoms with Crippen molar-refractivity contribution in [3.63, 3.8) is 0 Å². The Kier molecular flexibility index (Phi) is 32.6. The highest BCUT2D eigenvalue weighted by atomic mass is 32.2. The summed E-state index contributed by atoms with van der Waals surface area (Å²) in [7, 11) is 1.67. The van der Waals surface area contributed by atoms with Crippen LogP contribution in [0.3, 0.4) is 0 Å². The lowest BCUT2D eigenvalue weighted by Gasteiger charge is -2.26. The number of nitrogens with two attached hydrogens (primary N) is 2. The molecule has 10 amide bonds. The van der Waals surface area contributed by atoms with Crippen molar-refractivity contribution in [2.75, 3.05) is 32.1 Å². The van der Waals surface area contributed by atoms with E-state index in [4.69, 9.17) is 35.9 Å². The van der Waals surface area contributed by atoms with Crippen molar-refractivity contribution in [1.82, 2.24) is 79.0 Å². The molecule has 88 heavy (non-hydrogen) atoms. The van der Waals surface area contributed by atoms with Gasteiger partial charge in [0.2, 0.25) is 59.1 Å². The molecule has 1 aromatic carbocycles. The third-order valence-corrected chi connectivity index (χ3v) is 14.7. The summed E-state index contributed by atoms with van der Waals surface area (Å²) < 4.78 is 0. The molecule has 0 saturated carbocycles. The molecule has 2 heterocycles. The summed E-state index contributed by atoms with van der Waals surface area (Å²) in [5, 5.41) is 36.6. The van der Waals surface area contributed by atoms with Gasteiger partial charge in [-0.2, -0.15) is 22.0 Å². The van der Waals surface area contributed by atoms with Gasteiger partial charge in [0.1, 0.15) is 42.3 Å². The lowest BCUT2D eigenvalue weighted by atomic mass is 10.0. The van der Waals surface area contributed by atoms with Gasteiger partial charge in [0.15, 0.2) is 10.2 Å². The summed E-state index contributed by atoms with van der Waals surface area (Å²) in [6, 6.07) is -1.29. The number of aromatic amines is 2. The van der Waals surface area contributed by atoms with Gasteiger partial charge in [0, 0.05) is 68.3 Å². The molecule has 484 valence electrons. The van der Waals surface area contributed by atoms with Crippen LogP contribution in [0.4, 0.5) is 0 Å². The predicted octanol–water partition coefficient (Wildman–Crippen LogP) is -0.718. The van der Waals surface area contributed by atoms with Crippen molar-refractivity contribution in [1.29, 1.82) is 0 Å². The predicted molar refractivity (Wildman–Crippen MR) is 345 cm³/mol. The molecule has 7 unspecified atom stereocenters. The minimum atomic E-state index is -1.35. The van der Waals surface area contributed by atoms with Crippen LogP contribution < -0.4 is 75.5 Å². The van der Waals surface area contributed by atoms with E-state index in [9.17, 15) is 47.9 Å². The second-order valence-electron chi connectivity index (χ2n) is 21.5. The molecule has 0 aliphatic carbocycles. The molecule has 32 heteroatoms. The van der Waals surface area contributed by atoms with Crippen LogP contribution in [0.15, 0.2) is 53.2 Å². The summed E-state index contributed by atoms with van der Waals surface area (Å²) in [6.07, 6.45) is 7.87. The Bertz CT molecular complexity index is 2940. The lowest BCUT2D eigenvalue weighted by Crippen LogP contribution is -2.59. The monoisotopic (exact) mass is 1280 g/mol. The number of benzene rings is 1. The fraction of sp³-hybridized carbons (Fsp3) is 0.554. The molecule has 3 aromatic rings. The zero-order valence-corrected chi connectivity index (χ0v) is 53.7. The number of nitrogens with one attached hydrogen (secondary N) is 14. The number of hydrogen-bond acceptors (Lipinski definition) is 16. The number of carbonyl (C=O) groups excluding carboxylic acids is 10. The van der Waals surface area contributed by atoms with Gasteiger partial charge < -0.3 is 74.6 Å². The van der Waals surface area contributed by atoms with Gasteiger partial charge in [0.25, 0.3) is 0 Å². The van der Waals surface area contributed by atoms with E-state index in [0.29, 0.717) is 59.4 Å². The summed E-state index contributed by atoms with van der Waals surface area (Å²) in [4.78, 5) is 144. The smallest absolute Gasteiger partial charge is 0.243 e. The molecule has 0 spiro atoms. The first-order chi connectivity index (χ1) is 41.7. The van der Waals surface area contributed by atoms with E-state index in [1.807, 2.05) is 38.3 Å². The van der Waals surface area contributed by atoms with Gasteiger partial charge in [-0.3, -0.25) is 58.8 Å². The highest BCUT2D eigenvalue weighted by Gasteiger charge is 2.34. The van der Waals surface area contributed by atoms with E-state index in [2.05, 4.69) is 89.2 Å². The van der Waals surface area contributed by atoms with Crippen molar-refractivity contribution >= 4 is 128 Å². The minimum Gasteiger partial charge on any atom is -0.370 e. The number of nitrogens with zero attached hydrogens (tertiary/aromatic N) is 3. The van der Waals surface area contributed by atoms with E-state index < -0.39 is 114 Å². The zero-order chi connectivity index (χ0) is 65.5. The lowest BCUT2D eigenvalue weighted by molar-refractivity contribution is -0.135. The largest absolute Gasteiger partial charge is 0.370 e. The van der Waals surface area contributed by atoms with Gasteiger partial charge in [-0.1, -0.05) is 52.3 Å². The number of imidazole rings is 1. The van der Waals surface area contributed by atoms with E-state index in [1.165, 1.54) is 31.2 Å². The van der Waals surface area contributed by atoms with E-state index in [0.717, 1.165) is 10.9 Å². The van der Waals surface area contributed by atoms with Gasteiger partial charge in [-0.25, -0.2) is 4.98 Å². The Morgan fingerprint density at radius 3 is 1.89 bits per heavy atom. The van der Waals surface area contributed by atoms with E-state index >= 15 is 0 Å². The average molecular weight is 1280 g/mol. The number of fused-ring (bicyclic) bond motifs is 1. The number of hydrogen-bond donors (Lipinski definition) is 16. The first-order valence-corrected chi connectivity index (χ1v) is 31.0. The number of primary amides is 2. The first-order valence-electron chi connectivity index (χ1n) is 28.8. The van der Waals surface area contributed by atoms with Crippen LogP contribution in [0.2, 0.25) is 0 Å². The molecule has 0 saturated heterocycles. The van der Waals surface area contributed by atoms with Crippen LogP contribution in [-0.2, 0) is 60.8 Å². The third-order valence-electron chi connectivity index (χ3n) is 13.5. The fourth-order valence-electron chi connectivity index (χ4n) is 8.45. The number of para-hydroxylation sites is 1. The van der Waals surface area contributed by atoms with Gasteiger partial charge >= 0.3 is 0 Å². The topological polar surface area (TPSA) is 436 Å². The summed E-state index contributed by atoms with van der Waals surface area (Å²) in [5.41, 5.74) is 19.4. The maximum Gasteiger partial charge on any atom is 0.243 e. The minimum absolute atomic E-state index is 0.0276. The van der Waals surface area contributed by atoms with Crippen LogP contribution in [0.1, 0.15) is 111 Å². The Morgan fingerprint density at radius 1 is 0.648 bits per heavy atom. The molecule has 0 aliphatic heterocycles. The number of thioether (sulfide) groups is 1. The van der Waals surface area contributed by atoms with Crippen LogP contribution in [0, 0.1) is 11.8 Å². The Hall–Kier alpha value is -8.26. The van der Waals surface area contributed by atoms with E-state index in [-0.39, 0.29) is 56.0 Å². The summed E-state index contributed by atoms with van der Waals surface area (Å²) >= 11 is 11.8. The van der Waals surface area contributed by atoms with Crippen molar-refractivity contribution in [3.8, 4) is 0 Å². The fourth-order valence-corrected chi connectivity index (χ4v) is 9.11. The number of thiocarbonyl (C=S) groups is 2. The number of carbonyl (C=O) groups is 10. The van der Waals surface area contributed by atoms with Crippen LogP contribution in [0.25, 0.3) is 10.9 Å². The number of hydrazone groups is 2. The maximum atomic E-state index is 14.3. The molecular formula is C56H87N19O10S3. The molecule has 0 radical (unpaired) electrons. The first kappa shape index (κ1) is 74.0. The molecule has 3 rings (SSSR count). The molecule has 0 fully saturated rings. The van der Waals surface area contributed by atoms with E-state index in [1.54, 1.807) is 47.0 Å².